The number of hydrogen-bond acceptors (Lipinski definition) is 3. The van der Waals surface area contributed by atoms with Crippen LogP contribution >= 0.6 is 0 Å². The lowest BCUT2D eigenvalue weighted by atomic mass is 10.0. The molecule has 0 atom stereocenters. The van der Waals surface area contributed by atoms with Crippen molar-refractivity contribution in [1.82, 2.24) is 4.98 Å². The molecule has 3 heteroatoms. The standard InChI is InChI=1S/C15H16N2O/c1-10(2)15-8-11(6-7-16)13-9-12(18-3)4-5-14(13)17-15/h4-5,8-10H,6H2,1-3H3. The van der Waals surface area contributed by atoms with Gasteiger partial charge in [0.2, 0.25) is 0 Å². The highest BCUT2D eigenvalue weighted by Crippen LogP contribution is 2.26. The summed E-state index contributed by atoms with van der Waals surface area (Å²) < 4.78 is 5.22. The van der Waals surface area contributed by atoms with E-state index in [4.69, 9.17) is 10.00 Å². The van der Waals surface area contributed by atoms with Crippen LogP contribution in [0.2, 0.25) is 0 Å². The van der Waals surface area contributed by atoms with Crippen molar-refractivity contribution >= 4 is 10.9 Å². The normalized spacial score (nSPS) is 10.6. The van der Waals surface area contributed by atoms with Crippen molar-refractivity contribution in [3.63, 3.8) is 0 Å². The Bertz CT molecular complexity index is 612. The van der Waals surface area contributed by atoms with E-state index in [2.05, 4.69) is 24.9 Å². The number of methoxy groups -OCH3 is 1. The molecule has 0 fully saturated rings. The molecule has 1 aromatic carbocycles. The summed E-state index contributed by atoms with van der Waals surface area (Å²) in [5, 5.41) is 9.93. The molecule has 0 bridgehead atoms. The first-order valence-electron chi connectivity index (χ1n) is 6.00. The molecule has 18 heavy (non-hydrogen) atoms. The fourth-order valence-corrected chi connectivity index (χ4v) is 1.95. The van der Waals surface area contributed by atoms with E-state index in [-0.39, 0.29) is 0 Å². The van der Waals surface area contributed by atoms with Crippen LogP contribution in [0.3, 0.4) is 0 Å². The van der Waals surface area contributed by atoms with E-state index in [9.17, 15) is 0 Å². The van der Waals surface area contributed by atoms with Crippen LogP contribution in [0.1, 0.15) is 31.0 Å². The number of nitrogens with zero attached hydrogens (tertiary/aromatic N) is 2. The van der Waals surface area contributed by atoms with E-state index in [0.717, 1.165) is 27.9 Å². The van der Waals surface area contributed by atoms with Crippen LogP contribution in [0.5, 0.6) is 5.75 Å². The lowest BCUT2D eigenvalue weighted by Crippen LogP contribution is -1.97. The largest absolute Gasteiger partial charge is 0.497 e. The van der Waals surface area contributed by atoms with Crippen molar-refractivity contribution < 1.29 is 4.74 Å². The number of pyridine rings is 1. The molecule has 0 saturated heterocycles. The summed E-state index contributed by atoms with van der Waals surface area (Å²) >= 11 is 0. The third kappa shape index (κ3) is 2.28. The summed E-state index contributed by atoms with van der Waals surface area (Å²) in [4.78, 5) is 4.63. The molecule has 1 aromatic heterocycles. The second-order valence-electron chi connectivity index (χ2n) is 4.58. The van der Waals surface area contributed by atoms with E-state index in [1.165, 1.54) is 0 Å². The number of benzene rings is 1. The Kier molecular flexibility index (Phi) is 3.47. The maximum Gasteiger partial charge on any atom is 0.119 e. The zero-order valence-electron chi connectivity index (χ0n) is 10.9. The minimum atomic E-state index is 0.356. The fourth-order valence-electron chi connectivity index (χ4n) is 1.95. The van der Waals surface area contributed by atoms with Crippen molar-refractivity contribution in [3.8, 4) is 11.8 Å². The van der Waals surface area contributed by atoms with Gasteiger partial charge in [0.1, 0.15) is 5.75 Å². The van der Waals surface area contributed by atoms with Crippen LogP contribution < -0.4 is 4.74 Å². The molecule has 0 amide bonds. The van der Waals surface area contributed by atoms with Gasteiger partial charge in [0.15, 0.2) is 0 Å². The quantitative estimate of drug-likeness (QED) is 0.825. The number of fused-ring (bicyclic) bond motifs is 1. The Morgan fingerprint density at radius 1 is 1.33 bits per heavy atom. The van der Waals surface area contributed by atoms with Crippen LogP contribution in [0.4, 0.5) is 0 Å². The molecule has 3 nitrogen and oxygen atoms in total. The van der Waals surface area contributed by atoms with Gasteiger partial charge in [-0.2, -0.15) is 5.26 Å². The fraction of sp³-hybridized carbons (Fsp3) is 0.333. The van der Waals surface area contributed by atoms with Gasteiger partial charge in [0.25, 0.3) is 0 Å². The van der Waals surface area contributed by atoms with Crippen LogP contribution in [0.25, 0.3) is 10.9 Å². The molecular formula is C15H16N2O. The van der Waals surface area contributed by atoms with Crippen molar-refractivity contribution in [2.45, 2.75) is 26.2 Å². The summed E-state index contributed by atoms with van der Waals surface area (Å²) in [5.74, 6) is 1.15. The molecule has 0 aliphatic carbocycles. The van der Waals surface area contributed by atoms with E-state index in [1.54, 1.807) is 7.11 Å². The number of nitriles is 1. The van der Waals surface area contributed by atoms with Gasteiger partial charge in [0, 0.05) is 11.1 Å². The molecule has 0 aliphatic rings. The number of ether oxygens (including phenoxy) is 1. The second-order valence-corrected chi connectivity index (χ2v) is 4.58. The topological polar surface area (TPSA) is 45.9 Å². The third-order valence-electron chi connectivity index (χ3n) is 2.98. The Hall–Kier alpha value is -2.08. The number of aromatic nitrogens is 1. The van der Waals surface area contributed by atoms with Gasteiger partial charge in [-0.05, 0) is 35.7 Å². The van der Waals surface area contributed by atoms with Gasteiger partial charge in [-0.3, -0.25) is 4.98 Å². The van der Waals surface area contributed by atoms with E-state index >= 15 is 0 Å². The summed E-state index contributed by atoms with van der Waals surface area (Å²) in [6.45, 7) is 4.21. The number of rotatable bonds is 3. The first-order valence-corrected chi connectivity index (χ1v) is 6.00. The summed E-state index contributed by atoms with van der Waals surface area (Å²) in [6, 6.07) is 10.0. The molecule has 92 valence electrons. The van der Waals surface area contributed by atoms with Gasteiger partial charge in [-0.25, -0.2) is 0 Å². The summed E-state index contributed by atoms with van der Waals surface area (Å²) in [6.07, 6.45) is 0.395. The molecule has 0 spiro atoms. The monoisotopic (exact) mass is 240 g/mol. The summed E-state index contributed by atoms with van der Waals surface area (Å²) in [5.41, 5.74) is 2.97. The van der Waals surface area contributed by atoms with Crippen LogP contribution in [0, 0.1) is 11.3 Å². The predicted octanol–water partition coefficient (Wildman–Crippen LogP) is 3.43. The summed E-state index contributed by atoms with van der Waals surface area (Å²) in [7, 11) is 1.64. The van der Waals surface area contributed by atoms with Gasteiger partial charge in [-0.1, -0.05) is 13.8 Å². The smallest absolute Gasteiger partial charge is 0.119 e. The van der Waals surface area contributed by atoms with Crippen molar-refractivity contribution in [2.75, 3.05) is 7.11 Å². The molecule has 1 heterocycles. The lowest BCUT2D eigenvalue weighted by molar-refractivity contribution is 0.415. The Morgan fingerprint density at radius 2 is 2.11 bits per heavy atom. The highest BCUT2D eigenvalue weighted by Gasteiger charge is 2.09. The van der Waals surface area contributed by atoms with Gasteiger partial charge in [0.05, 0.1) is 25.1 Å². The maximum atomic E-state index is 8.93. The number of hydrogen-bond donors (Lipinski definition) is 0. The zero-order chi connectivity index (χ0) is 13.1. The molecule has 0 unspecified atom stereocenters. The molecular weight excluding hydrogens is 224 g/mol. The van der Waals surface area contributed by atoms with Gasteiger partial charge in [-0.15, -0.1) is 0 Å². The molecule has 0 N–H and O–H groups in total. The highest BCUT2D eigenvalue weighted by atomic mass is 16.5. The minimum absolute atomic E-state index is 0.356. The van der Waals surface area contributed by atoms with Crippen LogP contribution in [-0.4, -0.2) is 12.1 Å². The molecule has 0 aliphatic heterocycles. The average molecular weight is 240 g/mol. The molecule has 2 rings (SSSR count). The van der Waals surface area contributed by atoms with Crippen molar-refractivity contribution in [3.05, 3.63) is 35.5 Å². The van der Waals surface area contributed by atoms with Gasteiger partial charge < -0.3 is 4.74 Å². The Morgan fingerprint density at radius 3 is 2.72 bits per heavy atom. The predicted molar refractivity (Wildman–Crippen MR) is 71.7 cm³/mol. The van der Waals surface area contributed by atoms with Crippen molar-refractivity contribution in [2.24, 2.45) is 0 Å². The van der Waals surface area contributed by atoms with E-state index < -0.39 is 0 Å². The first kappa shape index (κ1) is 12.4. The second kappa shape index (κ2) is 5.05. The minimum Gasteiger partial charge on any atom is -0.497 e. The molecule has 2 aromatic rings. The van der Waals surface area contributed by atoms with Crippen molar-refractivity contribution in [1.29, 1.82) is 5.26 Å². The zero-order valence-corrected chi connectivity index (χ0v) is 10.9. The Labute approximate surface area is 107 Å². The lowest BCUT2D eigenvalue weighted by Gasteiger charge is -2.11. The third-order valence-corrected chi connectivity index (χ3v) is 2.98. The van der Waals surface area contributed by atoms with E-state index in [1.807, 2.05) is 24.3 Å². The molecule has 0 saturated carbocycles. The highest BCUT2D eigenvalue weighted by molar-refractivity contribution is 5.84. The maximum absolute atomic E-state index is 8.93. The Balaban J connectivity index is 2.69. The van der Waals surface area contributed by atoms with E-state index in [0.29, 0.717) is 12.3 Å². The van der Waals surface area contributed by atoms with Crippen LogP contribution in [0.15, 0.2) is 24.3 Å². The van der Waals surface area contributed by atoms with Gasteiger partial charge >= 0.3 is 0 Å². The van der Waals surface area contributed by atoms with Crippen LogP contribution in [-0.2, 0) is 6.42 Å². The average Bonchev–Trinajstić information content (AvgIpc) is 2.38. The molecule has 0 radical (unpaired) electrons. The first-order chi connectivity index (χ1) is 8.65. The SMILES string of the molecule is COc1ccc2nc(C(C)C)cc(CC#N)c2c1.